The zero-order valence-corrected chi connectivity index (χ0v) is 9.88. The third-order valence-electron chi connectivity index (χ3n) is 2.52. The molecule has 2 rings (SSSR count). The van der Waals surface area contributed by atoms with Crippen LogP contribution in [-0.4, -0.2) is 18.3 Å². The fourth-order valence-electron chi connectivity index (χ4n) is 1.70. The molecule has 4 nitrogen and oxygen atoms in total. The van der Waals surface area contributed by atoms with Crippen molar-refractivity contribution in [2.24, 2.45) is 0 Å². The molecule has 4 heteroatoms. The van der Waals surface area contributed by atoms with Gasteiger partial charge in [-0.1, -0.05) is 24.3 Å². The van der Waals surface area contributed by atoms with Gasteiger partial charge in [-0.15, -0.1) is 0 Å². The van der Waals surface area contributed by atoms with Crippen molar-refractivity contribution in [1.82, 2.24) is 0 Å². The van der Waals surface area contributed by atoms with E-state index in [4.69, 9.17) is 9.84 Å². The molecule has 0 aromatic heterocycles. The van der Waals surface area contributed by atoms with Gasteiger partial charge in [0.1, 0.15) is 5.75 Å². The molecule has 0 aliphatic rings. The van der Waals surface area contributed by atoms with Gasteiger partial charge in [-0.2, -0.15) is 0 Å². The summed E-state index contributed by atoms with van der Waals surface area (Å²) in [6.07, 6.45) is -1.07. The molecule has 0 saturated carbocycles. The van der Waals surface area contributed by atoms with Crippen LogP contribution in [0.25, 0.3) is 11.1 Å². The van der Waals surface area contributed by atoms with E-state index in [1.165, 1.54) is 0 Å². The van der Waals surface area contributed by atoms with Gasteiger partial charge in [0, 0.05) is 5.69 Å². The van der Waals surface area contributed by atoms with Gasteiger partial charge >= 0.3 is 6.09 Å². The van der Waals surface area contributed by atoms with Gasteiger partial charge < -0.3 is 9.84 Å². The molecule has 1 amide bonds. The first-order valence-corrected chi connectivity index (χ1v) is 5.43. The van der Waals surface area contributed by atoms with Crippen LogP contribution in [0.15, 0.2) is 48.5 Å². The van der Waals surface area contributed by atoms with Crippen LogP contribution in [0.4, 0.5) is 10.5 Å². The fourth-order valence-corrected chi connectivity index (χ4v) is 1.70. The number of amides is 1. The Balaban J connectivity index is 2.34. The predicted molar refractivity (Wildman–Crippen MR) is 70.1 cm³/mol. The van der Waals surface area contributed by atoms with E-state index in [9.17, 15) is 4.79 Å². The summed E-state index contributed by atoms with van der Waals surface area (Å²) in [6, 6.07) is 14.8. The van der Waals surface area contributed by atoms with Crippen molar-refractivity contribution in [3.05, 3.63) is 48.5 Å². The molecule has 2 aromatic rings. The molecular weight excluding hydrogens is 230 g/mol. The van der Waals surface area contributed by atoms with Crippen molar-refractivity contribution in [1.29, 1.82) is 0 Å². The van der Waals surface area contributed by atoms with E-state index in [0.29, 0.717) is 5.69 Å². The normalized spacial score (nSPS) is 9.83. The van der Waals surface area contributed by atoms with Gasteiger partial charge in [0.25, 0.3) is 0 Å². The lowest BCUT2D eigenvalue weighted by atomic mass is 10.0. The summed E-state index contributed by atoms with van der Waals surface area (Å²) in [5.41, 5.74) is 2.45. The minimum Gasteiger partial charge on any atom is -0.497 e. The Labute approximate surface area is 105 Å². The average Bonchev–Trinajstić information content (AvgIpc) is 2.38. The van der Waals surface area contributed by atoms with Crippen LogP contribution < -0.4 is 10.1 Å². The monoisotopic (exact) mass is 243 g/mol. The highest BCUT2D eigenvalue weighted by Gasteiger charge is 2.02. The Morgan fingerprint density at radius 2 is 1.78 bits per heavy atom. The van der Waals surface area contributed by atoms with Crippen LogP contribution in [-0.2, 0) is 0 Å². The molecule has 0 radical (unpaired) electrons. The van der Waals surface area contributed by atoms with Gasteiger partial charge in [0.2, 0.25) is 0 Å². The summed E-state index contributed by atoms with van der Waals surface area (Å²) < 4.78 is 5.16. The molecule has 18 heavy (non-hydrogen) atoms. The molecule has 0 aliphatic heterocycles. The van der Waals surface area contributed by atoms with E-state index in [-0.39, 0.29) is 0 Å². The van der Waals surface area contributed by atoms with Gasteiger partial charge in [0.15, 0.2) is 0 Å². The van der Waals surface area contributed by atoms with E-state index in [1.807, 2.05) is 30.3 Å². The van der Waals surface area contributed by atoms with E-state index >= 15 is 0 Å². The van der Waals surface area contributed by atoms with Crippen molar-refractivity contribution in [2.45, 2.75) is 0 Å². The highest BCUT2D eigenvalue weighted by molar-refractivity contribution is 5.84. The van der Waals surface area contributed by atoms with Crippen LogP contribution in [0.2, 0.25) is 0 Å². The van der Waals surface area contributed by atoms with Crippen molar-refractivity contribution in [3.63, 3.8) is 0 Å². The molecular formula is C14H13NO3. The zero-order valence-electron chi connectivity index (χ0n) is 9.88. The van der Waals surface area contributed by atoms with Crippen LogP contribution in [0.1, 0.15) is 0 Å². The van der Waals surface area contributed by atoms with Crippen LogP contribution in [0.5, 0.6) is 5.75 Å². The van der Waals surface area contributed by atoms with E-state index in [2.05, 4.69) is 5.32 Å². The Kier molecular flexibility index (Phi) is 3.48. The molecule has 0 atom stereocenters. The van der Waals surface area contributed by atoms with Crippen molar-refractivity contribution >= 4 is 11.8 Å². The number of hydrogen-bond acceptors (Lipinski definition) is 2. The molecule has 0 aliphatic carbocycles. The summed E-state index contributed by atoms with van der Waals surface area (Å²) >= 11 is 0. The quantitative estimate of drug-likeness (QED) is 0.868. The maximum Gasteiger partial charge on any atom is 0.409 e. The molecule has 92 valence electrons. The lowest BCUT2D eigenvalue weighted by Crippen LogP contribution is -2.06. The van der Waals surface area contributed by atoms with Crippen LogP contribution in [0.3, 0.4) is 0 Å². The second kappa shape index (κ2) is 5.23. The number of ether oxygens (including phenoxy) is 1. The summed E-state index contributed by atoms with van der Waals surface area (Å²) in [6.45, 7) is 0. The number of carboxylic acid groups (broad SMARTS) is 1. The minimum absolute atomic E-state index is 0.544. The van der Waals surface area contributed by atoms with Gasteiger partial charge in [-0.25, -0.2) is 4.79 Å². The standard InChI is InChI=1S/C14H13NO3/c1-18-13-7-3-5-11(9-13)10-4-2-6-12(8-10)15-14(16)17/h2-9,15H,1H3,(H,16,17). The summed E-state index contributed by atoms with van der Waals surface area (Å²) in [5, 5.41) is 11.0. The summed E-state index contributed by atoms with van der Waals surface area (Å²) in [4.78, 5) is 10.6. The minimum atomic E-state index is -1.07. The summed E-state index contributed by atoms with van der Waals surface area (Å²) in [5.74, 6) is 0.768. The number of nitrogens with one attached hydrogen (secondary N) is 1. The van der Waals surface area contributed by atoms with Crippen molar-refractivity contribution < 1.29 is 14.6 Å². The highest BCUT2D eigenvalue weighted by atomic mass is 16.5. The predicted octanol–water partition coefficient (Wildman–Crippen LogP) is 3.45. The highest BCUT2D eigenvalue weighted by Crippen LogP contribution is 2.25. The molecule has 0 bridgehead atoms. The zero-order chi connectivity index (χ0) is 13.0. The van der Waals surface area contributed by atoms with Crippen molar-refractivity contribution in [2.75, 3.05) is 12.4 Å². The third kappa shape index (κ3) is 2.79. The van der Waals surface area contributed by atoms with Crippen LogP contribution >= 0.6 is 0 Å². The second-order valence-corrected chi connectivity index (χ2v) is 3.74. The topological polar surface area (TPSA) is 58.6 Å². The maximum absolute atomic E-state index is 10.6. The van der Waals surface area contributed by atoms with Crippen molar-refractivity contribution in [3.8, 4) is 16.9 Å². The molecule has 0 saturated heterocycles. The third-order valence-corrected chi connectivity index (χ3v) is 2.52. The molecule has 0 unspecified atom stereocenters. The lowest BCUT2D eigenvalue weighted by molar-refractivity contribution is 0.210. The smallest absolute Gasteiger partial charge is 0.409 e. The number of hydrogen-bond donors (Lipinski definition) is 2. The molecule has 2 N–H and O–H groups in total. The number of anilines is 1. The first kappa shape index (κ1) is 12.0. The average molecular weight is 243 g/mol. The SMILES string of the molecule is COc1cccc(-c2cccc(NC(=O)O)c2)c1. The van der Waals surface area contributed by atoms with Crippen LogP contribution in [0, 0.1) is 0 Å². The molecule has 0 heterocycles. The number of methoxy groups -OCH3 is 1. The number of rotatable bonds is 3. The Bertz CT molecular complexity index is 566. The van der Waals surface area contributed by atoms with E-state index in [0.717, 1.165) is 16.9 Å². The Morgan fingerprint density at radius 1 is 1.11 bits per heavy atom. The second-order valence-electron chi connectivity index (χ2n) is 3.74. The lowest BCUT2D eigenvalue weighted by Gasteiger charge is -2.07. The Hall–Kier alpha value is -2.49. The van der Waals surface area contributed by atoms with Gasteiger partial charge in [0.05, 0.1) is 7.11 Å². The molecule has 0 spiro atoms. The Morgan fingerprint density at radius 3 is 2.44 bits per heavy atom. The number of carbonyl (C=O) groups is 1. The van der Waals surface area contributed by atoms with Gasteiger partial charge in [-0.05, 0) is 35.4 Å². The molecule has 0 fully saturated rings. The van der Waals surface area contributed by atoms with Gasteiger partial charge in [-0.3, -0.25) is 5.32 Å². The maximum atomic E-state index is 10.6. The first-order chi connectivity index (χ1) is 8.69. The molecule has 2 aromatic carbocycles. The van der Waals surface area contributed by atoms with E-state index in [1.54, 1.807) is 25.3 Å². The summed E-state index contributed by atoms with van der Waals surface area (Å²) in [7, 11) is 1.61. The number of benzene rings is 2. The van der Waals surface area contributed by atoms with E-state index < -0.39 is 6.09 Å². The largest absolute Gasteiger partial charge is 0.497 e. The first-order valence-electron chi connectivity index (χ1n) is 5.43. The fraction of sp³-hybridized carbons (Fsp3) is 0.0714.